The van der Waals surface area contributed by atoms with Crippen molar-refractivity contribution in [2.24, 2.45) is 11.0 Å². The molecule has 4 rings (SSSR count). The normalized spacial score (nSPS) is 18.9. The number of rotatable bonds is 8. The van der Waals surface area contributed by atoms with Gasteiger partial charge in [-0.05, 0) is 17.5 Å². The fourth-order valence-electron chi connectivity index (χ4n) is 4.26. The molecule has 1 aromatic carbocycles. The fourth-order valence-corrected chi connectivity index (χ4v) is 5.07. The third kappa shape index (κ3) is 5.71. The average molecular weight is 487 g/mol. The molecule has 1 saturated heterocycles. The monoisotopic (exact) mass is 486 g/mol. The number of carbonyl (C=O) groups is 2. The summed E-state index contributed by atoms with van der Waals surface area (Å²) >= 11 is 1.54. The first-order valence-electron chi connectivity index (χ1n) is 11.7. The van der Waals surface area contributed by atoms with Crippen molar-refractivity contribution in [3.63, 3.8) is 0 Å². The van der Waals surface area contributed by atoms with Crippen LogP contribution in [0, 0.1) is 11.7 Å². The number of thiophene rings is 1. The second kappa shape index (κ2) is 11.2. The molecule has 1 fully saturated rings. The molecule has 9 heteroatoms. The van der Waals surface area contributed by atoms with E-state index in [4.69, 9.17) is 4.74 Å². The smallest absolute Gasteiger partial charge is 0.262 e. The molecule has 0 bridgehead atoms. The van der Waals surface area contributed by atoms with E-state index < -0.39 is 0 Å². The first kappa shape index (κ1) is 24.5. The molecule has 34 heavy (non-hydrogen) atoms. The van der Waals surface area contributed by atoms with Gasteiger partial charge in [0.05, 0.1) is 25.0 Å². The van der Waals surface area contributed by atoms with Gasteiger partial charge in [0.2, 0.25) is 5.91 Å². The molecule has 2 aromatic rings. The second-order valence-corrected chi connectivity index (χ2v) is 9.85. The first-order valence-corrected chi connectivity index (χ1v) is 12.6. The van der Waals surface area contributed by atoms with Crippen molar-refractivity contribution in [1.29, 1.82) is 0 Å². The highest BCUT2D eigenvalue weighted by molar-refractivity contribution is 7.10. The molecule has 2 aliphatic heterocycles. The minimum absolute atomic E-state index is 0.0583. The van der Waals surface area contributed by atoms with Crippen LogP contribution in [0.15, 0.2) is 46.9 Å². The number of hydrogen-bond donors (Lipinski definition) is 0. The van der Waals surface area contributed by atoms with Gasteiger partial charge in [0.1, 0.15) is 12.4 Å². The Balaban J connectivity index is 1.53. The molecule has 182 valence electrons. The summed E-state index contributed by atoms with van der Waals surface area (Å²) in [5.74, 6) is -0.906. The van der Waals surface area contributed by atoms with Gasteiger partial charge in [0.25, 0.3) is 5.91 Å². The molecular formula is C25H31FN4O3S. The van der Waals surface area contributed by atoms with E-state index in [0.29, 0.717) is 44.0 Å². The van der Waals surface area contributed by atoms with Crippen LogP contribution in [0.5, 0.6) is 0 Å². The zero-order valence-electron chi connectivity index (χ0n) is 19.7. The van der Waals surface area contributed by atoms with Gasteiger partial charge in [-0.3, -0.25) is 14.5 Å². The van der Waals surface area contributed by atoms with Crippen molar-refractivity contribution < 1.29 is 18.7 Å². The number of morpholine rings is 1. The number of carbonyl (C=O) groups excluding carboxylic acids is 2. The Kier molecular flexibility index (Phi) is 8.07. The van der Waals surface area contributed by atoms with E-state index in [1.54, 1.807) is 34.4 Å². The Hall–Kier alpha value is -2.62. The molecule has 2 amide bonds. The van der Waals surface area contributed by atoms with Crippen LogP contribution in [-0.2, 0) is 14.3 Å². The molecule has 2 aliphatic rings. The Morgan fingerprint density at radius 1 is 1.21 bits per heavy atom. The van der Waals surface area contributed by atoms with Crippen molar-refractivity contribution in [1.82, 2.24) is 14.8 Å². The van der Waals surface area contributed by atoms with E-state index in [2.05, 4.69) is 10.0 Å². The van der Waals surface area contributed by atoms with Gasteiger partial charge in [-0.1, -0.05) is 38.1 Å². The maximum Gasteiger partial charge on any atom is 0.262 e. The van der Waals surface area contributed by atoms with Crippen molar-refractivity contribution in [3.05, 3.63) is 58.0 Å². The number of hydrogen-bond acceptors (Lipinski definition) is 6. The lowest BCUT2D eigenvalue weighted by molar-refractivity contribution is -0.143. The minimum Gasteiger partial charge on any atom is -0.379 e. The third-order valence-electron chi connectivity index (χ3n) is 6.14. The van der Waals surface area contributed by atoms with Gasteiger partial charge < -0.3 is 9.64 Å². The molecule has 1 aromatic heterocycles. The summed E-state index contributed by atoms with van der Waals surface area (Å²) in [4.78, 5) is 31.3. The highest BCUT2D eigenvalue weighted by Gasteiger charge is 2.35. The summed E-state index contributed by atoms with van der Waals surface area (Å²) in [7, 11) is 0. The highest BCUT2D eigenvalue weighted by atomic mass is 32.1. The molecule has 0 radical (unpaired) electrons. The van der Waals surface area contributed by atoms with Gasteiger partial charge in [0, 0.05) is 49.0 Å². The summed E-state index contributed by atoms with van der Waals surface area (Å²) in [6.45, 7) is 7.78. The zero-order chi connectivity index (χ0) is 24.1. The lowest BCUT2D eigenvalue weighted by atomic mass is 10.0. The number of hydrazone groups is 1. The number of amides is 2. The summed E-state index contributed by atoms with van der Waals surface area (Å²) in [6, 6.07) is 10.1. The first-order chi connectivity index (χ1) is 16.4. The van der Waals surface area contributed by atoms with Crippen LogP contribution in [0.3, 0.4) is 0 Å². The lowest BCUT2D eigenvalue weighted by Crippen LogP contribution is -2.47. The van der Waals surface area contributed by atoms with Crippen molar-refractivity contribution in [2.45, 2.75) is 26.3 Å². The molecule has 0 saturated carbocycles. The third-order valence-corrected chi connectivity index (χ3v) is 7.12. The summed E-state index contributed by atoms with van der Waals surface area (Å²) in [5.41, 5.74) is 0.946. The van der Waals surface area contributed by atoms with Crippen molar-refractivity contribution in [2.75, 3.05) is 45.9 Å². The summed E-state index contributed by atoms with van der Waals surface area (Å²) in [6.07, 6.45) is 0.430. The molecule has 1 atom stereocenters. The number of ether oxygens (including phenoxy) is 1. The summed E-state index contributed by atoms with van der Waals surface area (Å²) < 4.78 is 19.9. The van der Waals surface area contributed by atoms with E-state index in [0.717, 1.165) is 18.0 Å². The maximum absolute atomic E-state index is 14.5. The van der Waals surface area contributed by atoms with Gasteiger partial charge in [-0.25, -0.2) is 9.40 Å². The number of benzene rings is 1. The molecule has 0 spiro atoms. The van der Waals surface area contributed by atoms with Crippen LogP contribution in [0.4, 0.5) is 4.39 Å². The Bertz CT molecular complexity index is 1020. The van der Waals surface area contributed by atoms with Crippen LogP contribution in [0.1, 0.15) is 36.8 Å². The predicted octanol–water partition coefficient (Wildman–Crippen LogP) is 3.38. The molecular weight excluding hydrogens is 455 g/mol. The van der Waals surface area contributed by atoms with Crippen molar-refractivity contribution in [3.8, 4) is 0 Å². The molecule has 0 N–H and O–H groups in total. The SMILES string of the molecule is CC(C)C(=O)N(CCN1CCOCC1)CC(=O)N1N=C(c2ccccc2F)CC1c1cccs1. The summed E-state index contributed by atoms with van der Waals surface area (Å²) in [5, 5.41) is 7.97. The van der Waals surface area contributed by atoms with Crippen molar-refractivity contribution >= 4 is 28.9 Å². The quantitative estimate of drug-likeness (QED) is 0.574. The van der Waals surface area contributed by atoms with Gasteiger partial charge in [-0.15, -0.1) is 11.3 Å². The highest BCUT2D eigenvalue weighted by Crippen LogP contribution is 2.35. The average Bonchev–Trinajstić information content (AvgIpc) is 3.52. The molecule has 1 unspecified atom stereocenters. The van der Waals surface area contributed by atoms with Gasteiger partial charge in [-0.2, -0.15) is 5.10 Å². The maximum atomic E-state index is 14.5. The molecule has 3 heterocycles. The molecule has 0 aliphatic carbocycles. The topological polar surface area (TPSA) is 65.5 Å². The van der Waals surface area contributed by atoms with E-state index in [9.17, 15) is 14.0 Å². The Morgan fingerprint density at radius 3 is 2.65 bits per heavy atom. The van der Waals surface area contributed by atoms with E-state index >= 15 is 0 Å². The lowest BCUT2D eigenvalue weighted by Gasteiger charge is -2.31. The Morgan fingerprint density at radius 2 is 1.97 bits per heavy atom. The van der Waals surface area contributed by atoms with E-state index in [1.807, 2.05) is 31.4 Å². The predicted molar refractivity (Wildman–Crippen MR) is 130 cm³/mol. The van der Waals surface area contributed by atoms with Crippen LogP contribution < -0.4 is 0 Å². The van der Waals surface area contributed by atoms with E-state index in [-0.39, 0.29) is 36.1 Å². The molecule has 7 nitrogen and oxygen atoms in total. The van der Waals surface area contributed by atoms with Gasteiger partial charge in [0.15, 0.2) is 0 Å². The van der Waals surface area contributed by atoms with Crippen LogP contribution in [0.2, 0.25) is 0 Å². The Labute approximate surface area is 203 Å². The minimum atomic E-state index is -0.359. The van der Waals surface area contributed by atoms with E-state index in [1.165, 1.54) is 11.1 Å². The zero-order valence-corrected chi connectivity index (χ0v) is 20.5. The van der Waals surface area contributed by atoms with Gasteiger partial charge >= 0.3 is 0 Å². The van der Waals surface area contributed by atoms with Crippen LogP contribution in [0.25, 0.3) is 0 Å². The standard InChI is InChI=1S/C25H31FN4O3S/c1-18(2)25(32)29(10-9-28-11-13-33-14-12-28)17-24(31)30-22(23-8-5-15-34-23)16-21(27-30)19-6-3-4-7-20(19)26/h3-8,15,18,22H,9-14,16-17H2,1-2H3. The number of halogens is 1. The fraction of sp³-hybridized carbons (Fsp3) is 0.480. The number of nitrogens with zero attached hydrogens (tertiary/aromatic N) is 4. The van der Waals surface area contributed by atoms with Crippen LogP contribution in [-0.4, -0.2) is 78.3 Å². The largest absolute Gasteiger partial charge is 0.379 e. The van der Waals surface area contributed by atoms with Crippen LogP contribution >= 0.6 is 11.3 Å². The second-order valence-electron chi connectivity index (χ2n) is 8.87.